The smallest absolute Gasteiger partial charge is 0.165 e. The third-order valence-electron chi connectivity index (χ3n) is 3.60. The Morgan fingerprint density at radius 1 is 1.56 bits per heavy atom. The molecule has 5 nitrogen and oxygen atoms in total. The quantitative estimate of drug-likeness (QED) is 0.788. The molecule has 0 saturated carbocycles. The number of hydrogen-bond donors (Lipinski definition) is 0. The second-order valence-electron chi connectivity index (χ2n) is 4.76. The lowest BCUT2D eigenvalue weighted by atomic mass is 9.86. The molecule has 1 aromatic heterocycles. The van der Waals surface area contributed by atoms with Gasteiger partial charge in [0.2, 0.25) is 0 Å². The van der Waals surface area contributed by atoms with Crippen molar-refractivity contribution in [1.29, 1.82) is 0 Å². The van der Waals surface area contributed by atoms with E-state index >= 15 is 0 Å². The molecule has 2 rings (SSSR count). The molecule has 1 saturated heterocycles. The Hall–Kier alpha value is -1.20. The zero-order chi connectivity index (χ0) is 13.0. The number of hydrogen-bond acceptors (Lipinski definition) is 4. The number of Topliss-reactive ketones (excluding diaryl/α,β-unsaturated/α-hetero) is 1. The number of aromatic nitrogens is 2. The molecule has 0 spiro atoms. The van der Waals surface area contributed by atoms with E-state index in [1.165, 1.54) is 0 Å². The molecule has 2 heterocycles. The van der Waals surface area contributed by atoms with Crippen molar-refractivity contribution in [2.75, 3.05) is 20.3 Å². The molecule has 0 bridgehead atoms. The van der Waals surface area contributed by atoms with Crippen LogP contribution in [0.3, 0.4) is 0 Å². The summed E-state index contributed by atoms with van der Waals surface area (Å²) >= 11 is 0. The third-order valence-corrected chi connectivity index (χ3v) is 3.60. The first-order chi connectivity index (χ1) is 8.66. The van der Waals surface area contributed by atoms with Crippen molar-refractivity contribution in [3.63, 3.8) is 0 Å². The summed E-state index contributed by atoms with van der Waals surface area (Å²) in [6, 6.07) is 0. The second kappa shape index (κ2) is 5.63. The molecule has 0 aliphatic carbocycles. The summed E-state index contributed by atoms with van der Waals surface area (Å²) in [5.41, 5.74) is 0.463. The van der Waals surface area contributed by atoms with Crippen LogP contribution in [0.2, 0.25) is 0 Å². The van der Waals surface area contributed by atoms with Crippen LogP contribution in [0.4, 0.5) is 0 Å². The van der Waals surface area contributed by atoms with E-state index < -0.39 is 5.60 Å². The fourth-order valence-corrected chi connectivity index (χ4v) is 2.38. The van der Waals surface area contributed by atoms with Crippen LogP contribution < -0.4 is 0 Å². The third kappa shape index (κ3) is 2.79. The normalized spacial score (nSPS) is 18.8. The fourth-order valence-electron chi connectivity index (χ4n) is 2.38. The van der Waals surface area contributed by atoms with E-state index in [4.69, 9.17) is 9.47 Å². The van der Waals surface area contributed by atoms with Crippen molar-refractivity contribution >= 4 is 5.78 Å². The highest BCUT2D eigenvalue weighted by atomic mass is 16.5. The Morgan fingerprint density at radius 2 is 2.28 bits per heavy atom. The number of ketones is 1. The van der Waals surface area contributed by atoms with Gasteiger partial charge in [-0.25, -0.2) is 0 Å². The molecule has 0 radical (unpaired) electrons. The molecular formula is C13H20N2O3. The summed E-state index contributed by atoms with van der Waals surface area (Å²) in [6.45, 7) is 1.21. The zero-order valence-corrected chi connectivity index (χ0v) is 11.0. The maximum atomic E-state index is 12.3. The Balaban J connectivity index is 1.93. The van der Waals surface area contributed by atoms with Gasteiger partial charge in [0, 0.05) is 52.8 Å². The van der Waals surface area contributed by atoms with Gasteiger partial charge in [0.15, 0.2) is 5.78 Å². The van der Waals surface area contributed by atoms with Gasteiger partial charge in [0.25, 0.3) is 0 Å². The lowest BCUT2D eigenvalue weighted by Crippen LogP contribution is -2.45. The van der Waals surface area contributed by atoms with Crippen LogP contribution in [0.5, 0.6) is 0 Å². The van der Waals surface area contributed by atoms with Crippen LogP contribution in [0.1, 0.15) is 24.8 Å². The largest absolute Gasteiger partial charge is 0.381 e. The van der Waals surface area contributed by atoms with Crippen LogP contribution in [-0.4, -0.2) is 41.5 Å². The summed E-state index contributed by atoms with van der Waals surface area (Å²) in [7, 11) is 3.49. The van der Waals surface area contributed by atoms with Gasteiger partial charge in [-0.1, -0.05) is 0 Å². The van der Waals surface area contributed by atoms with E-state index in [0.717, 1.165) is 12.0 Å². The Morgan fingerprint density at radius 3 is 2.83 bits per heavy atom. The molecule has 0 unspecified atom stereocenters. The van der Waals surface area contributed by atoms with Gasteiger partial charge >= 0.3 is 0 Å². The van der Waals surface area contributed by atoms with Crippen LogP contribution in [-0.2, 0) is 27.7 Å². The summed E-state index contributed by atoms with van der Waals surface area (Å²) in [5, 5.41) is 4.10. The second-order valence-corrected chi connectivity index (χ2v) is 4.76. The number of rotatable bonds is 5. The number of methoxy groups -OCH3 is 1. The van der Waals surface area contributed by atoms with Gasteiger partial charge < -0.3 is 9.47 Å². The maximum absolute atomic E-state index is 12.3. The molecule has 1 fully saturated rings. The topological polar surface area (TPSA) is 53.3 Å². The highest BCUT2D eigenvalue weighted by molar-refractivity contribution is 5.87. The van der Waals surface area contributed by atoms with Crippen molar-refractivity contribution < 1.29 is 14.3 Å². The number of ether oxygens (including phenoxy) is 2. The van der Waals surface area contributed by atoms with Crippen LogP contribution in [0, 0.1) is 0 Å². The summed E-state index contributed by atoms with van der Waals surface area (Å²) < 4.78 is 12.5. The summed E-state index contributed by atoms with van der Waals surface area (Å²) in [6.07, 6.45) is 6.29. The van der Waals surface area contributed by atoms with Crippen molar-refractivity contribution in [3.8, 4) is 0 Å². The molecule has 18 heavy (non-hydrogen) atoms. The van der Waals surface area contributed by atoms with Gasteiger partial charge in [-0.2, -0.15) is 5.10 Å². The monoisotopic (exact) mass is 252 g/mol. The van der Waals surface area contributed by atoms with Gasteiger partial charge in [-0.3, -0.25) is 9.48 Å². The summed E-state index contributed by atoms with van der Waals surface area (Å²) in [5.74, 6) is 0.178. The minimum absolute atomic E-state index is 0.178. The van der Waals surface area contributed by atoms with Gasteiger partial charge in [-0.15, -0.1) is 0 Å². The van der Waals surface area contributed by atoms with E-state index in [1.54, 1.807) is 18.0 Å². The average molecular weight is 252 g/mol. The molecule has 1 aromatic rings. The lowest BCUT2D eigenvalue weighted by Gasteiger charge is -2.34. The van der Waals surface area contributed by atoms with Crippen LogP contribution in [0.25, 0.3) is 0 Å². The number of aryl methyl sites for hydroxylation is 2. The number of carbonyl (C=O) groups excluding carboxylic acids is 1. The minimum Gasteiger partial charge on any atom is -0.381 e. The zero-order valence-electron chi connectivity index (χ0n) is 11.0. The molecule has 0 atom stereocenters. The van der Waals surface area contributed by atoms with E-state index in [-0.39, 0.29) is 5.78 Å². The van der Waals surface area contributed by atoms with Crippen molar-refractivity contribution in [2.24, 2.45) is 7.05 Å². The molecule has 0 aromatic carbocycles. The van der Waals surface area contributed by atoms with Crippen molar-refractivity contribution in [2.45, 2.75) is 31.3 Å². The number of carbonyl (C=O) groups is 1. The van der Waals surface area contributed by atoms with Crippen molar-refractivity contribution in [1.82, 2.24) is 9.78 Å². The molecule has 0 N–H and O–H groups in total. The minimum atomic E-state index is -0.625. The average Bonchev–Trinajstić information content (AvgIpc) is 2.82. The van der Waals surface area contributed by atoms with Gasteiger partial charge in [0.05, 0.1) is 6.20 Å². The lowest BCUT2D eigenvalue weighted by molar-refractivity contribution is -0.152. The fraction of sp³-hybridized carbons (Fsp3) is 0.692. The molecule has 100 valence electrons. The molecule has 0 amide bonds. The first-order valence-electron chi connectivity index (χ1n) is 6.30. The van der Waals surface area contributed by atoms with E-state index in [9.17, 15) is 4.79 Å². The molecule has 1 aliphatic heterocycles. The van der Waals surface area contributed by atoms with Crippen LogP contribution >= 0.6 is 0 Å². The predicted octanol–water partition coefficient (Wildman–Crippen LogP) is 1.12. The molecule has 5 heteroatoms. The predicted molar refractivity (Wildman–Crippen MR) is 66.3 cm³/mol. The SMILES string of the molecule is COC1(C(=O)CCc2cnn(C)c2)CCOCC1. The molecular weight excluding hydrogens is 232 g/mol. The first-order valence-corrected chi connectivity index (χ1v) is 6.30. The standard InChI is InChI=1S/C13H20N2O3/c1-15-10-11(9-14-15)3-4-12(16)13(17-2)5-7-18-8-6-13/h9-10H,3-8H2,1-2H3. The summed E-state index contributed by atoms with van der Waals surface area (Å²) in [4.78, 5) is 12.3. The highest BCUT2D eigenvalue weighted by Crippen LogP contribution is 2.27. The molecule has 1 aliphatic rings. The number of nitrogens with zero attached hydrogens (tertiary/aromatic N) is 2. The van der Waals surface area contributed by atoms with E-state index in [0.29, 0.717) is 32.5 Å². The Kier molecular flexibility index (Phi) is 4.14. The van der Waals surface area contributed by atoms with Crippen molar-refractivity contribution in [3.05, 3.63) is 18.0 Å². The van der Waals surface area contributed by atoms with Gasteiger partial charge in [-0.05, 0) is 12.0 Å². The Bertz CT molecular complexity index is 408. The highest BCUT2D eigenvalue weighted by Gasteiger charge is 2.39. The van der Waals surface area contributed by atoms with E-state index in [2.05, 4.69) is 5.10 Å². The Labute approximate surface area is 107 Å². The van der Waals surface area contributed by atoms with Crippen LogP contribution in [0.15, 0.2) is 12.4 Å². The van der Waals surface area contributed by atoms with E-state index in [1.807, 2.05) is 13.2 Å². The maximum Gasteiger partial charge on any atom is 0.165 e. The van der Waals surface area contributed by atoms with Gasteiger partial charge in [0.1, 0.15) is 5.60 Å². The first kappa shape index (κ1) is 13.2.